The normalized spacial score (nSPS) is 28.0. The van der Waals surface area contributed by atoms with Crippen molar-refractivity contribution in [3.63, 3.8) is 0 Å². The Hall–Kier alpha value is -2.29. The van der Waals surface area contributed by atoms with E-state index in [4.69, 9.17) is 0 Å². The van der Waals surface area contributed by atoms with E-state index >= 15 is 0 Å². The molecule has 1 saturated carbocycles. The van der Waals surface area contributed by atoms with Crippen LogP contribution in [0.3, 0.4) is 0 Å². The number of H-pyrrole nitrogens is 1. The van der Waals surface area contributed by atoms with Gasteiger partial charge in [0.1, 0.15) is 5.65 Å². The Balaban J connectivity index is 1.72. The Morgan fingerprint density at radius 1 is 1.21 bits per heavy atom. The van der Waals surface area contributed by atoms with Crippen LogP contribution in [0.1, 0.15) is 37.4 Å². The topological polar surface area (TPSA) is 33.1 Å². The van der Waals surface area contributed by atoms with Gasteiger partial charge < -0.3 is 4.98 Å². The van der Waals surface area contributed by atoms with Gasteiger partial charge in [-0.3, -0.25) is 9.56 Å². The molecule has 1 aromatic carbocycles. The van der Waals surface area contributed by atoms with Crippen molar-refractivity contribution >= 4 is 33.8 Å². The number of rotatable bonds is 1. The van der Waals surface area contributed by atoms with E-state index in [0.29, 0.717) is 6.04 Å². The smallest absolute Gasteiger partial charge is 0.123 e. The average molecular weight is 315 g/mol. The second-order valence-corrected chi connectivity index (χ2v) is 7.79. The molecule has 0 saturated heterocycles. The van der Waals surface area contributed by atoms with Gasteiger partial charge in [-0.2, -0.15) is 0 Å². The molecule has 3 aromatic rings. The summed E-state index contributed by atoms with van der Waals surface area (Å²) < 4.78 is 2.52. The lowest BCUT2D eigenvalue weighted by atomic mass is 10.0. The Bertz CT molecular complexity index is 1050. The summed E-state index contributed by atoms with van der Waals surface area (Å²) >= 11 is 0. The molecule has 3 atom stereocenters. The Kier molecular flexibility index (Phi) is 2.40. The lowest BCUT2D eigenvalue weighted by Crippen LogP contribution is -2.10. The highest BCUT2D eigenvalue weighted by Crippen LogP contribution is 2.48. The van der Waals surface area contributed by atoms with Crippen LogP contribution in [0.15, 0.2) is 35.3 Å². The van der Waals surface area contributed by atoms with Crippen molar-refractivity contribution in [2.24, 2.45) is 16.8 Å². The van der Waals surface area contributed by atoms with Crippen LogP contribution >= 0.6 is 0 Å². The maximum Gasteiger partial charge on any atom is 0.123 e. The average Bonchev–Trinajstić information content (AvgIpc) is 3.33. The summed E-state index contributed by atoms with van der Waals surface area (Å²) in [6.07, 6.45) is 9.69. The summed E-state index contributed by atoms with van der Waals surface area (Å²) in [6.45, 7) is 2.20. The van der Waals surface area contributed by atoms with Gasteiger partial charge in [0, 0.05) is 22.7 Å². The summed E-state index contributed by atoms with van der Waals surface area (Å²) in [7, 11) is 0. The fraction of sp³-hybridized carbons (Fsp3) is 0.381. The fourth-order valence-corrected chi connectivity index (χ4v) is 5.21. The number of aromatic amines is 1. The molecule has 3 unspecified atom stereocenters. The molecule has 3 heteroatoms. The minimum atomic E-state index is 0.375. The van der Waals surface area contributed by atoms with Crippen molar-refractivity contribution in [3.8, 4) is 0 Å². The summed E-state index contributed by atoms with van der Waals surface area (Å²) in [5.41, 5.74) is 6.82. The van der Waals surface area contributed by atoms with Crippen LogP contribution in [-0.2, 0) is 6.42 Å². The van der Waals surface area contributed by atoms with E-state index in [1.54, 1.807) is 0 Å². The van der Waals surface area contributed by atoms with Gasteiger partial charge in [-0.05, 0) is 56.1 Å². The maximum absolute atomic E-state index is 4.61. The standard InChI is InChI=1S/C21H21N3/c1-12-8-16-17(11-22-12)23-21-20(16)15-4-2-3-5-18(15)24(21)19-10-13-6-7-14(19)9-13/h2-5,10-14,23H,6-9H2,1H3. The Morgan fingerprint density at radius 3 is 2.96 bits per heavy atom. The first-order valence-electron chi connectivity index (χ1n) is 9.19. The van der Waals surface area contributed by atoms with E-state index in [0.717, 1.165) is 18.3 Å². The first-order valence-corrected chi connectivity index (χ1v) is 9.19. The second kappa shape index (κ2) is 4.41. The van der Waals surface area contributed by atoms with Gasteiger partial charge in [0.25, 0.3) is 0 Å². The molecule has 2 aliphatic carbocycles. The molecule has 3 heterocycles. The molecule has 2 aromatic heterocycles. The highest BCUT2D eigenvalue weighted by atomic mass is 15.1. The summed E-state index contributed by atoms with van der Waals surface area (Å²) in [5, 5.41) is 2.80. The molecule has 6 rings (SSSR count). The fourth-order valence-electron chi connectivity index (χ4n) is 5.21. The molecule has 24 heavy (non-hydrogen) atoms. The van der Waals surface area contributed by atoms with E-state index in [1.165, 1.54) is 58.2 Å². The first kappa shape index (κ1) is 13.1. The number of allylic oxidation sites excluding steroid dienone is 2. The zero-order valence-electron chi connectivity index (χ0n) is 13.9. The van der Waals surface area contributed by atoms with Crippen molar-refractivity contribution in [1.82, 2.24) is 9.55 Å². The first-order chi connectivity index (χ1) is 11.8. The van der Waals surface area contributed by atoms with Crippen molar-refractivity contribution in [2.45, 2.75) is 38.6 Å². The van der Waals surface area contributed by atoms with E-state index in [9.17, 15) is 0 Å². The van der Waals surface area contributed by atoms with E-state index < -0.39 is 0 Å². The highest BCUT2D eigenvalue weighted by Gasteiger charge is 2.35. The lowest BCUT2D eigenvalue weighted by Gasteiger charge is -2.16. The van der Waals surface area contributed by atoms with Crippen LogP contribution < -0.4 is 0 Å². The van der Waals surface area contributed by atoms with Crippen LogP contribution in [0.4, 0.5) is 0 Å². The second-order valence-electron chi connectivity index (χ2n) is 7.79. The molecule has 0 amide bonds. The third-order valence-corrected chi connectivity index (χ3v) is 6.27. The minimum Gasteiger partial charge on any atom is -0.339 e. The molecule has 0 spiro atoms. The SMILES string of the molecule is CC1Cc2c([nH]c3c2c2ccccc2n3C2=CC3CCC2C3)C=N1. The predicted octanol–water partition coefficient (Wildman–Crippen LogP) is 4.76. The van der Waals surface area contributed by atoms with Crippen molar-refractivity contribution in [2.75, 3.05) is 0 Å². The monoisotopic (exact) mass is 315 g/mol. The van der Waals surface area contributed by atoms with Gasteiger partial charge in [-0.25, -0.2) is 0 Å². The Morgan fingerprint density at radius 2 is 2.12 bits per heavy atom. The number of nitrogens with zero attached hydrogens (tertiary/aromatic N) is 2. The van der Waals surface area contributed by atoms with E-state index in [2.05, 4.69) is 51.8 Å². The number of aliphatic imine (C=N–C) groups is 1. The number of fused-ring (bicyclic) bond motifs is 7. The molecular formula is C21H21N3. The molecule has 1 aliphatic heterocycles. The number of hydrogen-bond acceptors (Lipinski definition) is 1. The number of hydrogen-bond donors (Lipinski definition) is 1. The van der Waals surface area contributed by atoms with Gasteiger partial charge in [0.15, 0.2) is 0 Å². The Labute approximate surface area is 141 Å². The van der Waals surface area contributed by atoms with Crippen molar-refractivity contribution in [1.29, 1.82) is 0 Å². The number of benzene rings is 1. The minimum absolute atomic E-state index is 0.375. The molecule has 3 nitrogen and oxygen atoms in total. The molecule has 0 radical (unpaired) electrons. The van der Waals surface area contributed by atoms with Crippen molar-refractivity contribution in [3.05, 3.63) is 41.6 Å². The zero-order valence-corrected chi connectivity index (χ0v) is 13.9. The van der Waals surface area contributed by atoms with E-state index in [1.807, 2.05) is 6.21 Å². The van der Waals surface area contributed by atoms with Crippen LogP contribution in [0.5, 0.6) is 0 Å². The van der Waals surface area contributed by atoms with Gasteiger partial charge in [0.05, 0.1) is 17.3 Å². The highest BCUT2D eigenvalue weighted by molar-refractivity contribution is 6.13. The van der Waals surface area contributed by atoms with Crippen LogP contribution in [0.2, 0.25) is 0 Å². The molecule has 1 fully saturated rings. The summed E-state index contributed by atoms with van der Waals surface area (Å²) in [6, 6.07) is 9.28. The maximum atomic E-state index is 4.61. The number of para-hydroxylation sites is 1. The van der Waals surface area contributed by atoms with Gasteiger partial charge in [-0.1, -0.05) is 24.3 Å². The van der Waals surface area contributed by atoms with Gasteiger partial charge in [0.2, 0.25) is 0 Å². The molecule has 2 bridgehead atoms. The molecule has 120 valence electrons. The summed E-state index contributed by atoms with van der Waals surface area (Å²) in [5.74, 6) is 1.54. The largest absolute Gasteiger partial charge is 0.339 e. The van der Waals surface area contributed by atoms with Crippen molar-refractivity contribution < 1.29 is 0 Å². The number of aromatic nitrogens is 2. The zero-order chi connectivity index (χ0) is 15.8. The van der Waals surface area contributed by atoms with Gasteiger partial charge >= 0.3 is 0 Å². The quantitative estimate of drug-likeness (QED) is 0.672. The number of nitrogens with one attached hydrogen (secondary N) is 1. The van der Waals surface area contributed by atoms with Gasteiger partial charge in [-0.15, -0.1) is 0 Å². The molecule has 1 N–H and O–H groups in total. The predicted molar refractivity (Wildman–Crippen MR) is 99.7 cm³/mol. The lowest BCUT2D eigenvalue weighted by molar-refractivity contribution is 0.687. The third kappa shape index (κ3) is 1.55. The van der Waals surface area contributed by atoms with E-state index in [-0.39, 0.29) is 0 Å². The van der Waals surface area contributed by atoms with Crippen LogP contribution in [0, 0.1) is 11.8 Å². The molecular weight excluding hydrogens is 294 g/mol. The van der Waals surface area contributed by atoms with Crippen LogP contribution in [0.25, 0.3) is 27.6 Å². The summed E-state index contributed by atoms with van der Waals surface area (Å²) in [4.78, 5) is 8.32. The molecule has 3 aliphatic rings. The third-order valence-electron chi connectivity index (χ3n) is 6.27. The van der Waals surface area contributed by atoms with Crippen LogP contribution in [-0.4, -0.2) is 21.8 Å².